The first-order valence-electron chi connectivity index (χ1n) is 8.07. The van der Waals surface area contributed by atoms with Crippen LogP contribution in [0.3, 0.4) is 0 Å². The summed E-state index contributed by atoms with van der Waals surface area (Å²) in [4.78, 5) is -0.295. The minimum Gasteiger partial charge on any atom is -0.406 e. The lowest BCUT2D eigenvalue weighted by atomic mass is 9.90. The van der Waals surface area contributed by atoms with E-state index in [0.717, 1.165) is 36.4 Å². The van der Waals surface area contributed by atoms with Gasteiger partial charge in [0.2, 0.25) is 10.0 Å². The molecule has 5 nitrogen and oxygen atoms in total. The van der Waals surface area contributed by atoms with Gasteiger partial charge in [-0.2, -0.15) is 4.72 Å². The number of benzene rings is 2. The third-order valence-corrected chi connectivity index (χ3v) is 5.88. The smallest absolute Gasteiger partial charge is 0.406 e. The zero-order valence-corrected chi connectivity index (χ0v) is 15.0. The summed E-state index contributed by atoms with van der Waals surface area (Å²) in [5.74, 6) is -2.74. The van der Waals surface area contributed by atoms with Crippen molar-refractivity contribution in [2.45, 2.75) is 23.2 Å². The highest BCUT2D eigenvalue weighted by atomic mass is 32.2. The van der Waals surface area contributed by atoms with Crippen molar-refractivity contribution in [3.8, 4) is 5.75 Å². The van der Waals surface area contributed by atoms with Crippen LogP contribution in [0.4, 0.5) is 22.0 Å². The summed E-state index contributed by atoms with van der Waals surface area (Å²) in [6.45, 7) is 0.562. The van der Waals surface area contributed by atoms with Crippen LogP contribution in [0.15, 0.2) is 47.4 Å². The van der Waals surface area contributed by atoms with E-state index >= 15 is 0 Å². The normalized spacial score (nSPS) is 20.3. The second kappa shape index (κ2) is 7.30. The Bertz CT molecular complexity index is 956. The van der Waals surface area contributed by atoms with Crippen LogP contribution in [0.2, 0.25) is 0 Å². The Morgan fingerprint density at radius 3 is 2.25 bits per heavy atom. The fraction of sp³-hybridized carbons (Fsp3) is 0.294. The maximum absolute atomic E-state index is 13.7. The number of rotatable bonds is 5. The van der Waals surface area contributed by atoms with Gasteiger partial charge < -0.3 is 10.1 Å². The van der Waals surface area contributed by atoms with E-state index in [1.807, 2.05) is 0 Å². The van der Waals surface area contributed by atoms with Gasteiger partial charge in [0.25, 0.3) is 0 Å². The Morgan fingerprint density at radius 1 is 1.04 bits per heavy atom. The van der Waals surface area contributed by atoms with Crippen molar-refractivity contribution in [2.75, 3.05) is 13.1 Å². The van der Waals surface area contributed by atoms with Gasteiger partial charge in [-0.05, 0) is 54.9 Å². The molecule has 1 aliphatic heterocycles. The summed E-state index contributed by atoms with van der Waals surface area (Å²) in [7, 11) is -4.18. The van der Waals surface area contributed by atoms with E-state index in [1.54, 1.807) is 0 Å². The van der Waals surface area contributed by atoms with Crippen LogP contribution in [0, 0.1) is 11.6 Å². The molecule has 152 valence electrons. The van der Waals surface area contributed by atoms with E-state index in [0.29, 0.717) is 6.54 Å². The van der Waals surface area contributed by atoms with Crippen LogP contribution < -0.4 is 14.8 Å². The highest BCUT2D eigenvalue weighted by molar-refractivity contribution is 7.89. The van der Waals surface area contributed by atoms with E-state index < -0.39 is 39.3 Å². The van der Waals surface area contributed by atoms with Crippen LogP contribution >= 0.6 is 0 Å². The van der Waals surface area contributed by atoms with E-state index in [-0.39, 0.29) is 23.4 Å². The Hall–Kier alpha value is -2.24. The zero-order valence-electron chi connectivity index (χ0n) is 14.2. The van der Waals surface area contributed by atoms with Crippen LogP contribution in [0.25, 0.3) is 0 Å². The van der Waals surface area contributed by atoms with E-state index in [4.69, 9.17) is 0 Å². The molecule has 28 heavy (non-hydrogen) atoms. The molecule has 1 saturated heterocycles. The highest BCUT2D eigenvalue weighted by Gasteiger charge is 2.40. The van der Waals surface area contributed by atoms with Crippen LogP contribution in [0.1, 0.15) is 12.0 Å². The lowest BCUT2D eigenvalue weighted by molar-refractivity contribution is -0.274. The van der Waals surface area contributed by atoms with Gasteiger partial charge in [0.05, 0.1) is 10.4 Å². The summed E-state index contributed by atoms with van der Waals surface area (Å²) in [6.07, 6.45) is -4.63. The molecule has 1 aliphatic rings. The fourth-order valence-electron chi connectivity index (χ4n) is 3.01. The van der Waals surface area contributed by atoms with Gasteiger partial charge >= 0.3 is 6.36 Å². The molecule has 2 aromatic carbocycles. The number of sulfonamides is 1. The Morgan fingerprint density at radius 2 is 1.71 bits per heavy atom. The van der Waals surface area contributed by atoms with Crippen molar-refractivity contribution in [3.05, 3.63) is 59.7 Å². The molecule has 2 N–H and O–H groups in total. The van der Waals surface area contributed by atoms with E-state index in [2.05, 4.69) is 14.8 Å². The van der Waals surface area contributed by atoms with Gasteiger partial charge in [0, 0.05) is 6.54 Å². The molecule has 1 atom stereocenters. The number of hydrogen-bond acceptors (Lipinski definition) is 4. The first-order chi connectivity index (χ1) is 13.0. The SMILES string of the molecule is O=S(=O)(N[C@@]1(c2ccc(F)c(F)c2)CCNC1)c1ccc(OC(F)(F)F)cc1. The number of hydrogen-bond donors (Lipinski definition) is 2. The van der Waals surface area contributed by atoms with Gasteiger partial charge in [0.1, 0.15) is 5.75 Å². The Kier molecular flexibility index (Phi) is 5.34. The van der Waals surface area contributed by atoms with Gasteiger partial charge in [0.15, 0.2) is 11.6 Å². The first kappa shape index (κ1) is 20.5. The molecule has 3 rings (SSSR count). The molecule has 11 heteroatoms. The van der Waals surface area contributed by atoms with Crippen molar-refractivity contribution in [1.29, 1.82) is 0 Å². The van der Waals surface area contributed by atoms with Gasteiger partial charge in [-0.15, -0.1) is 13.2 Å². The number of ether oxygens (including phenoxy) is 1. The maximum atomic E-state index is 13.7. The Labute approximate surface area is 157 Å². The predicted molar refractivity (Wildman–Crippen MR) is 89.0 cm³/mol. The fourth-order valence-corrected chi connectivity index (χ4v) is 4.43. The molecule has 1 fully saturated rings. The van der Waals surface area contributed by atoms with E-state index in [1.165, 1.54) is 6.07 Å². The molecule has 1 heterocycles. The third-order valence-electron chi connectivity index (χ3n) is 4.32. The average molecular weight is 422 g/mol. The molecule has 0 aromatic heterocycles. The van der Waals surface area contributed by atoms with Crippen LogP contribution in [0.5, 0.6) is 5.75 Å². The lowest BCUT2D eigenvalue weighted by Gasteiger charge is -2.30. The quantitative estimate of drug-likeness (QED) is 0.727. The average Bonchev–Trinajstić information content (AvgIpc) is 3.05. The third kappa shape index (κ3) is 4.42. The summed E-state index contributed by atoms with van der Waals surface area (Å²) < 4.78 is 95.3. The number of alkyl halides is 3. The zero-order chi connectivity index (χ0) is 20.6. The molecule has 0 spiro atoms. The molecule has 0 unspecified atom stereocenters. The topological polar surface area (TPSA) is 67.4 Å². The van der Waals surface area contributed by atoms with Gasteiger partial charge in [-0.25, -0.2) is 17.2 Å². The predicted octanol–water partition coefficient (Wildman–Crippen LogP) is 3.03. The standard InChI is InChI=1S/C17H15F5N2O3S/c18-14-6-1-11(9-15(14)19)16(7-8-23-10-16)24-28(25,26)13-4-2-12(3-5-13)27-17(20,21)22/h1-6,9,23-24H,7-8,10H2/t16-/m0/s1. The summed E-state index contributed by atoms with van der Waals surface area (Å²) in [5, 5.41) is 2.97. The molecular weight excluding hydrogens is 407 g/mol. The van der Waals surface area contributed by atoms with Crippen LogP contribution in [-0.2, 0) is 15.6 Å². The van der Waals surface area contributed by atoms with Crippen LogP contribution in [-0.4, -0.2) is 27.9 Å². The number of halogens is 5. The second-order valence-electron chi connectivity index (χ2n) is 6.26. The molecule has 2 aromatic rings. The van der Waals surface area contributed by atoms with Crippen molar-refractivity contribution < 1.29 is 35.1 Å². The molecule has 0 bridgehead atoms. The van der Waals surface area contributed by atoms with Crippen molar-refractivity contribution in [1.82, 2.24) is 10.0 Å². The summed E-state index contributed by atoms with van der Waals surface area (Å²) in [6, 6.07) is 6.79. The minimum absolute atomic E-state index is 0.132. The summed E-state index contributed by atoms with van der Waals surface area (Å²) in [5.41, 5.74) is -0.994. The van der Waals surface area contributed by atoms with Crippen molar-refractivity contribution in [3.63, 3.8) is 0 Å². The van der Waals surface area contributed by atoms with Gasteiger partial charge in [-0.1, -0.05) is 6.07 Å². The number of nitrogens with one attached hydrogen (secondary N) is 2. The molecular formula is C17H15F5N2O3S. The molecule has 0 aliphatic carbocycles. The lowest BCUT2D eigenvalue weighted by Crippen LogP contribution is -2.47. The highest BCUT2D eigenvalue weighted by Crippen LogP contribution is 2.32. The molecule has 0 radical (unpaired) electrons. The molecule has 0 saturated carbocycles. The van der Waals surface area contributed by atoms with Crippen molar-refractivity contribution in [2.24, 2.45) is 0 Å². The maximum Gasteiger partial charge on any atom is 0.573 e. The first-order valence-corrected chi connectivity index (χ1v) is 9.55. The Balaban J connectivity index is 1.89. The monoisotopic (exact) mass is 422 g/mol. The summed E-state index contributed by atoms with van der Waals surface area (Å²) >= 11 is 0. The van der Waals surface area contributed by atoms with Gasteiger partial charge in [-0.3, -0.25) is 0 Å². The van der Waals surface area contributed by atoms with E-state index in [9.17, 15) is 30.4 Å². The van der Waals surface area contributed by atoms with Crippen molar-refractivity contribution >= 4 is 10.0 Å². The molecule has 0 amide bonds. The second-order valence-corrected chi connectivity index (χ2v) is 7.94. The largest absolute Gasteiger partial charge is 0.573 e. The minimum atomic E-state index is -4.90.